The van der Waals surface area contributed by atoms with Crippen LogP contribution in [-0.2, 0) is 14.8 Å². The highest BCUT2D eigenvalue weighted by molar-refractivity contribution is 7.89. The normalized spacial score (nSPS) is 17.7. The summed E-state index contributed by atoms with van der Waals surface area (Å²) in [6, 6.07) is 3.57. The molecule has 1 fully saturated rings. The SMILES string of the molecule is COc1ccc(S(=O)(=O)N2CCCC2C(=O)Nc2nnc(C)s2)cc1OC. The van der Waals surface area contributed by atoms with Crippen LogP contribution < -0.4 is 14.8 Å². The number of carbonyl (C=O) groups excluding carboxylic acids is 1. The van der Waals surface area contributed by atoms with Gasteiger partial charge < -0.3 is 9.47 Å². The van der Waals surface area contributed by atoms with E-state index in [0.29, 0.717) is 34.5 Å². The molecule has 2 aromatic rings. The molecule has 0 saturated carbocycles. The number of nitrogens with one attached hydrogen (secondary N) is 1. The number of hydrogen-bond donors (Lipinski definition) is 1. The second-order valence-electron chi connectivity index (χ2n) is 5.91. The van der Waals surface area contributed by atoms with Gasteiger partial charge in [0.05, 0.1) is 19.1 Å². The van der Waals surface area contributed by atoms with Crippen molar-refractivity contribution in [3.63, 3.8) is 0 Å². The molecule has 27 heavy (non-hydrogen) atoms. The molecule has 0 aliphatic carbocycles. The van der Waals surface area contributed by atoms with Crippen molar-refractivity contribution in [1.82, 2.24) is 14.5 Å². The molecule has 0 spiro atoms. The third-order valence-corrected chi connectivity index (χ3v) is 6.88. The van der Waals surface area contributed by atoms with Crippen LogP contribution in [0.15, 0.2) is 23.1 Å². The number of amides is 1. The van der Waals surface area contributed by atoms with E-state index < -0.39 is 22.0 Å². The van der Waals surface area contributed by atoms with E-state index in [1.807, 2.05) is 0 Å². The van der Waals surface area contributed by atoms with Gasteiger partial charge in [0.25, 0.3) is 0 Å². The van der Waals surface area contributed by atoms with Gasteiger partial charge in [-0.15, -0.1) is 10.2 Å². The smallest absolute Gasteiger partial charge is 0.244 e. The first kappa shape index (κ1) is 19.5. The molecule has 0 bridgehead atoms. The fourth-order valence-electron chi connectivity index (χ4n) is 2.94. The highest BCUT2D eigenvalue weighted by atomic mass is 32.2. The van der Waals surface area contributed by atoms with Gasteiger partial charge in [0.1, 0.15) is 11.0 Å². The number of aromatic nitrogens is 2. The topological polar surface area (TPSA) is 111 Å². The second kappa shape index (κ2) is 7.79. The van der Waals surface area contributed by atoms with E-state index in [0.717, 1.165) is 0 Å². The average Bonchev–Trinajstić information content (AvgIpc) is 3.30. The number of aryl methyl sites for hydroxylation is 1. The van der Waals surface area contributed by atoms with Crippen LogP contribution in [0, 0.1) is 6.92 Å². The molecule has 2 heterocycles. The molecule has 1 aliphatic heterocycles. The molecule has 1 amide bonds. The maximum atomic E-state index is 13.1. The van der Waals surface area contributed by atoms with E-state index in [1.54, 1.807) is 6.92 Å². The zero-order valence-corrected chi connectivity index (χ0v) is 16.8. The number of rotatable bonds is 6. The summed E-state index contributed by atoms with van der Waals surface area (Å²) in [6.45, 7) is 2.04. The van der Waals surface area contributed by atoms with Gasteiger partial charge in [-0.2, -0.15) is 4.31 Å². The summed E-state index contributed by atoms with van der Waals surface area (Å²) in [5.74, 6) is 0.328. The van der Waals surface area contributed by atoms with Crippen molar-refractivity contribution in [2.45, 2.75) is 30.7 Å². The van der Waals surface area contributed by atoms with Crippen molar-refractivity contribution < 1.29 is 22.7 Å². The molecule has 0 radical (unpaired) electrons. The number of sulfonamides is 1. The Morgan fingerprint density at radius 3 is 2.63 bits per heavy atom. The molecular formula is C16H20N4O5S2. The lowest BCUT2D eigenvalue weighted by molar-refractivity contribution is -0.119. The largest absolute Gasteiger partial charge is 0.493 e. The Bertz CT molecular complexity index is 944. The zero-order chi connectivity index (χ0) is 19.6. The predicted molar refractivity (Wildman–Crippen MR) is 99.7 cm³/mol. The Hall–Kier alpha value is -2.24. The summed E-state index contributed by atoms with van der Waals surface area (Å²) < 4.78 is 37.8. The molecule has 1 N–H and O–H groups in total. The lowest BCUT2D eigenvalue weighted by Crippen LogP contribution is -2.43. The summed E-state index contributed by atoms with van der Waals surface area (Å²) >= 11 is 1.24. The Balaban J connectivity index is 1.85. The van der Waals surface area contributed by atoms with Crippen LogP contribution in [0.2, 0.25) is 0 Å². The highest BCUT2D eigenvalue weighted by Gasteiger charge is 2.40. The van der Waals surface area contributed by atoms with Gasteiger partial charge >= 0.3 is 0 Å². The lowest BCUT2D eigenvalue weighted by Gasteiger charge is -2.23. The molecule has 1 aromatic heterocycles. The van der Waals surface area contributed by atoms with Crippen molar-refractivity contribution in [1.29, 1.82) is 0 Å². The number of anilines is 1. The highest BCUT2D eigenvalue weighted by Crippen LogP contribution is 2.33. The third-order valence-electron chi connectivity index (χ3n) is 4.22. The van der Waals surface area contributed by atoms with Gasteiger partial charge in [-0.25, -0.2) is 8.42 Å². The van der Waals surface area contributed by atoms with Gasteiger partial charge in [0.2, 0.25) is 21.1 Å². The summed E-state index contributed by atoms with van der Waals surface area (Å²) in [6.07, 6.45) is 1.04. The van der Waals surface area contributed by atoms with Crippen LogP contribution in [0.5, 0.6) is 11.5 Å². The van der Waals surface area contributed by atoms with Crippen molar-refractivity contribution in [3.8, 4) is 11.5 Å². The summed E-state index contributed by atoms with van der Waals surface area (Å²) in [5, 5.41) is 11.4. The molecule has 1 aromatic carbocycles. The second-order valence-corrected chi connectivity index (χ2v) is 8.98. The molecule has 3 rings (SSSR count). The molecule has 1 atom stereocenters. The van der Waals surface area contributed by atoms with E-state index in [4.69, 9.17) is 9.47 Å². The van der Waals surface area contributed by atoms with Crippen LogP contribution in [0.25, 0.3) is 0 Å². The first-order chi connectivity index (χ1) is 12.9. The molecule has 1 saturated heterocycles. The number of ether oxygens (including phenoxy) is 2. The van der Waals surface area contributed by atoms with Crippen LogP contribution in [0.3, 0.4) is 0 Å². The van der Waals surface area contributed by atoms with E-state index in [9.17, 15) is 13.2 Å². The van der Waals surface area contributed by atoms with Gasteiger partial charge in [-0.3, -0.25) is 10.1 Å². The minimum Gasteiger partial charge on any atom is -0.493 e. The van der Waals surface area contributed by atoms with Gasteiger partial charge in [-0.1, -0.05) is 11.3 Å². The summed E-state index contributed by atoms with van der Waals surface area (Å²) in [4.78, 5) is 12.7. The van der Waals surface area contributed by atoms with Crippen LogP contribution >= 0.6 is 11.3 Å². The van der Waals surface area contributed by atoms with Crippen molar-refractivity contribution in [2.75, 3.05) is 26.1 Å². The maximum Gasteiger partial charge on any atom is 0.244 e. The molecule has 1 unspecified atom stereocenters. The van der Waals surface area contributed by atoms with E-state index in [-0.39, 0.29) is 11.4 Å². The van der Waals surface area contributed by atoms with Gasteiger partial charge in [-0.05, 0) is 31.9 Å². The number of carbonyl (C=O) groups is 1. The monoisotopic (exact) mass is 412 g/mol. The predicted octanol–water partition coefficient (Wildman–Crippen LogP) is 1.66. The number of nitrogens with zero attached hydrogens (tertiary/aromatic N) is 3. The summed E-state index contributed by atoms with van der Waals surface area (Å²) in [5.41, 5.74) is 0. The molecular weight excluding hydrogens is 392 g/mol. The quantitative estimate of drug-likeness (QED) is 0.768. The number of benzene rings is 1. The number of hydrogen-bond acceptors (Lipinski definition) is 8. The van der Waals surface area contributed by atoms with E-state index in [1.165, 1.54) is 48.1 Å². The van der Waals surface area contributed by atoms with Crippen LogP contribution in [0.4, 0.5) is 5.13 Å². The molecule has 11 heteroatoms. The summed E-state index contributed by atoms with van der Waals surface area (Å²) in [7, 11) is -0.964. The maximum absolute atomic E-state index is 13.1. The lowest BCUT2D eigenvalue weighted by atomic mass is 10.2. The fraction of sp³-hybridized carbons (Fsp3) is 0.438. The van der Waals surface area contributed by atoms with Gasteiger partial charge in [0, 0.05) is 12.6 Å². The fourth-order valence-corrected chi connectivity index (χ4v) is 5.21. The molecule has 1 aliphatic rings. The van der Waals surface area contributed by atoms with E-state index >= 15 is 0 Å². The van der Waals surface area contributed by atoms with Crippen LogP contribution in [0.1, 0.15) is 17.8 Å². The average molecular weight is 412 g/mol. The molecule has 146 valence electrons. The minimum absolute atomic E-state index is 0.0478. The van der Waals surface area contributed by atoms with Crippen LogP contribution in [-0.4, -0.2) is 55.6 Å². The molecule has 9 nitrogen and oxygen atoms in total. The Morgan fingerprint density at radius 2 is 2.00 bits per heavy atom. The van der Waals surface area contributed by atoms with E-state index in [2.05, 4.69) is 15.5 Å². The Labute approximate surface area is 161 Å². The number of methoxy groups -OCH3 is 2. The standard InChI is InChI=1S/C16H20N4O5S2/c1-10-18-19-16(26-10)17-15(21)12-5-4-8-20(12)27(22,23)11-6-7-13(24-2)14(9-11)25-3/h6-7,9,12H,4-5,8H2,1-3H3,(H,17,19,21). The first-order valence-electron chi connectivity index (χ1n) is 8.21. The third kappa shape index (κ3) is 3.89. The van der Waals surface area contributed by atoms with Crippen molar-refractivity contribution >= 4 is 32.4 Å². The Kier molecular flexibility index (Phi) is 5.63. The van der Waals surface area contributed by atoms with Crippen molar-refractivity contribution in [2.24, 2.45) is 0 Å². The zero-order valence-electron chi connectivity index (χ0n) is 15.1. The van der Waals surface area contributed by atoms with Crippen molar-refractivity contribution in [3.05, 3.63) is 23.2 Å². The first-order valence-corrected chi connectivity index (χ1v) is 10.5. The minimum atomic E-state index is -3.87. The van der Waals surface area contributed by atoms with Gasteiger partial charge in [0.15, 0.2) is 11.5 Å². The Morgan fingerprint density at radius 1 is 1.26 bits per heavy atom.